The Morgan fingerprint density at radius 3 is 3.00 bits per heavy atom. The van der Waals surface area contributed by atoms with Crippen LogP contribution in [0.25, 0.3) is 0 Å². The van der Waals surface area contributed by atoms with Crippen molar-refractivity contribution in [3.63, 3.8) is 0 Å². The minimum atomic E-state index is 0.298. The van der Waals surface area contributed by atoms with Crippen LogP contribution in [0.1, 0.15) is 17.0 Å². The van der Waals surface area contributed by atoms with Crippen molar-refractivity contribution in [1.82, 2.24) is 14.9 Å². The molecule has 2 aliphatic heterocycles. The Morgan fingerprint density at radius 1 is 1.36 bits per heavy atom. The van der Waals surface area contributed by atoms with Crippen molar-refractivity contribution in [2.24, 2.45) is 0 Å². The standard InChI is InChI=1S/C16H19N3OS2/c1-12-14(21-11-18-12)7-19-9-16(10-19)6-13(8-22-16)20-15-4-2-3-5-17-15/h2-5,11,13H,6-10H2,1H3/t13-/m0/s1. The molecule has 22 heavy (non-hydrogen) atoms. The van der Waals surface area contributed by atoms with E-state index in [2.05, 4.69) is 33.6 Å². The summed E-state index contributed by atoms with van der Waals surface area (Å²) in [5.41, 5.74) is 3.13. The summed E-state index contributed by atoms with van der Waals surface area (Å²) in [5.74, 6) is 1.82. The smallest absolute Gasteiger partial charge is 0.213 e. The number of ether oxygens (including phenoxy) is 1. The summed E-state index contributed by atoms with van der Waals surface area (Å²) in [6.07, 6.45) is 3.22. The van der Waals surface area contributed by atoms with E-state index < -0.39 is 0 Å². The lowest BCUT2D eigenvalue weighted by molar-refractivity contribution is 0.0915. The molecule has 0 radical (unpaired) electrons. The molecule has 0 unspecified atom stereocenters. The van der Waals surface area contributed by atoms with Crippen LogP contribution >= 0.6 is 23.1 Å². The van der Waals surface area contributed by atoms with Gasteiger partial charge in [-0.2, -0.15) is 0 Å². The van der Waals surface area contributed by atoms with Gasteiger partial charge in [0.25, 0.3) is 0 Å². The van der Waals surface area contributed by atoms with Gasteiger partial charge in [0.05, 0.1) is 11.2 Å². The second kappa shape index (κ2) is 5.83. The number of pyridine rings is 1. The topological polar surface area (TPSA) is 38.2 Å². The highest BCUT2D eigenvalue weighted by molar-refractivity contribution is 8.01. The van der Waals surface area contributed by atoms with Crippen molar-refractivity contribution in [3.8, 4) is 5.88 Å². The first-order chi connectivity index (χ1) is 10.7. The average Bonchev–Trinajstić information content (AvgIpc) is 3.07. The molecule has 0 N–H and O–H groups in total. The number of nitrogens with zero attached hydrogens (tertiary/aromatic N) is 3. The van der Waals surface area contributed by atoms with Crippen LogP contribution in [0.5, 0.6) is 5.88 Å². The van der Waals surface area contributed by atoms with E-state index in [-0.39, 0.29) is 0 Å². The predicted octanol–water partition coefficient (Wildman–Crippen LogP) is 2.99. The zero-order chi connectivity index (χ0) is 15.0. The second-order valence-corrected chi connectivity index (χ2v) is 8.54. The number of hydrogen-bond donors (Lipinski definition) is 0. The van der Waals surface area contributed by atoms with Gasteiger partial charge >= 0.3 is 0 Å². The van der Waals surface area contributed by atoms with Gasteiger partial charge in [0.2, 0.25) is 5.88 Å². The minimum Gasteiger partial charge on any atom is -0.473 e. The van der Waals surface area contributed by atoms with Gasteiger partial charge < -0.3 is 4.74 Å². The Hall–Kier alpha value is -1.11. The first-order valence-corrected chi connectivity index (χ1v) is 9.42. The Morgan fingerprint density at radius 2 is 2.27 bits per heavy atom. The molecule has 2 aliphatic rings. The second-order valence-electron chi connectivity index (χ2n) is 6.11. The molecule has 4 heterocycles. The van der Waals surface area contributed by atoms with E-state index >= 15 is 0 Å². The molecule has 4 nitrogen and oxygen atoms in total. The largest absolute Gasteiger partial charge is 0.473 e. The van der Waals surface area contributed by atoms with E-state index in [1.807, 2.05) is 23.7 Å². The van der Waals surface area contributed by atoms with Gasteiger partial charge in [0, 0.05) is 53.7 Å². The number of aryl methyl sites for hydroxylation is 1. The van der Waals surface area contributed by atoms with Crippen molar-refractivity contribution in [2.45, 2.75) is 30.7 Å². The minimum absolute atomic E-state index is 0.298. The van der Waals surface area contributed by atoms with E-state index in [0.717, 1.165) is 37.7 Å². The molecular weight excluding hydrogens is 314 g/mol. The van der Waals surface area contributed by atoms with Crippen molar-refractivity contribution in [1.29, 1.82) is 0 Å². The summed E-state index contributed by atoms with van der Waals surface area (Å²) in [4.78, 5) is 12.5. The van der Waals surface area contributed by atoms with E-state index in [9.17, 15) is 0 Å². The van der Waals surface area contributed by atoms with E-state index in [1.54, 1.807) is 17.5 Å². The zero-order valence-corrected chi connectivity index (χ0v) is 14.2. The van der Waals surface area contributed by atoms with Crippen molar-refractivity contribution < 1.29 is 4.74 Å². The molecule has 2 fully saturated rings. The van der Waals surface area contributed by atoms with Crippen LogP contribution in [-0.4, -0.2) is 44.6 Å². The highest BCUT2D eigenvalue weighted by atomic mass is 32.2. The van der Waals surface area contributed by atoms with Crippen LogP contribution in [0.2, 0.25) is 0 Å². The molecule has 2 aromatic heterocycles. The lowest BCUT2D eigenvalue weighted by Crippen LogP contribution is -2.58. The lowest BCUT2D eigenvalue weighted by Gasteiger charge is -2.47. The number of thioether (sulfide) groups is 1. The highest BCUT2D eigenvalue weighted by Gasteiger charge is 2.49. The summed E-state index contributed by atoms with van der Waals surface area (Å²) in [7, 11) is 0. The third-order valence-corrected chi connectivity index (χ3v) is 6.83. The first-order valence-electron chi connectivity index (χ1n) is 7.55. The SMILES string of the molecule is Cc1ncsc1CN1CC2(C[C@H](Oc3ccccn3)CS2)C1. The molecule has 2 aromatic rings. The fourth-order valence-corrected chi connectivity index (χ4v) is 5.64. The maximum atomic E-state index is 6.01. The maximum absolute atomic E-state index is 6.01. The molecule has 1 spiro atoms. The van der Waals surface area contributed by atoms with Crippen LogP contribution < -0.4 is 4.74 Å². The van der Waals surface area contributed by atoms with Crippen LogP contribution in [0, 0.1) is 6.92 Å². The molecule has 0 bridgehead atoms. The number of likely N-dealkylation sites (tertiary alicyclic amines) is 1. The molecule has 2 saturated heterocycles. The predicted molar refractivity (Wildman–Crippen MR) is 90.6 cm³/mol. The van der Waals surface area contributed by atoms with Gasteiger partial charge in [-0.3, -0.25) is 4.90 Å². The molecule has 0 aromatic carbocycles. The number of rotatable bonds is 4. The molecule has 4 rings (SSSR count). The normalized spacial score (nSPS) is 23.6. The van der Waals surface area contributed by atoms with Crippen LogP contribution in [0.15, 0.2) is 29.9 Å². The van der Waals surface area contributed by atoms with Gasteiger partial charge in [-0.25, -0.2) is 9.97 Å². The maximum Gasteiger partial charge on any atom is 0.213 e. The van der Waals surface area contributed by atoms with E-state index in [1.165, 1.54) is 10.6 Å². The Balaban J connectivity index is 1.30. The Bertz CT molecular complexity index is 640. The molecule has 6 heteroatoms. The Labute approximate surface area is 138 Å². The van der Waals surface area contributed by atoms with Crippen molar-refractivity contribution >= 4 is 23.1 Å². The summed E-state index contributed by atoms with van der Waals surface area (Å²) >= 11 is 3.84. The van der Waals surface area contributed by atoms with Gasteiger partial charge in [0.15, 0.2) is 0 Å². The molecule has 0 aliphatic carbocycles. The third kappa shape index (κ3) is 2.87. The number of thiazole rings is 1. The van der Waals surface area contributed by atoms with Crippen LogP contribution in [0.4, 0.5) is 0 Å². The fourth-order valence-electron chi connectivity index (χ4n) is 3.25. The van der Waals surface area contributed by atoms with Gasteiger partial charge in [-0.1, -0.05) is 6.07 Å². The molecule has 0 saturated carbocycles. The van der Waals surface area contributed by atoms with Crippen LogP contribution in [0.3, 0.4) is 0 Å². The van der Waals surface area contributed by atoms with Crippen molar-refractivity contribution in [3.05, 3.63) is 40.5 Å². The van der Waals surface area contributed by atoms with Gasteiger partial charge in [0.1, 0.15) is 6.10 Å². The molecule has 1 atom stereocenters. The molecular formula is C16H19N3OS2. The quantitative estimate of drug-likeness (QED) is 0.860. The van der Waals surface area contributed by atoms with Gasteiger partial charge in [-0.05, 0) is 13.0 Å². The van der Waals surface area contributed by atoms with Gasteiger partial charge in [-0.15, -0.1) is 23.1 Å². The number of hydrogen-bond acceptors (Lipinski definition) is 6. The summed E-state index contributed by atoms with van der Waals surface area (Å²) < 4.78 is 6.41. The fraction of sp³-hybridized carbons (Fsp3) is 0.500. The van der Waals surface area contributed by atoms with E-state index in [4.69, 9.17) is 4.74 Å². The zero-order valence-electron chi connectivity index (χ0n) is 12.6. The monoisotopic (exact) mass is 333 g/mol. The number of aromatic nitrogens is 2. The van der Waals surface area contributed by atoms with Crippen LogP contribution in [-0.2, 0) is 6.54 Å². The summed E-state index contributed by atoms with van der Waals surface area (Å²) in [6.45, 7) is 5.47. The lowest BCUT2D eigenvalue weighted by atomic mass is 9.93. The first kappa shape index (κ1) is 14.5. The molecule has 116 valence electrons. The average molecular weight is 333 g/mol. The third-order valence-electron chi connectivity index (χ3n) is 4.34. The Kier molecular flexibility index (Phi) is 3.84. The van der Waals surface area contributed by atoms with Crippen molar-refractivity contribution in [2.75, 3.05) is 18.8 Å². The highest BCUT2D eigenvalue weighted by Crippen LogP contribution is 2.46. The summed E-state index contributed by atoms with van der Waals surface area (Å²) in [5, 5.41) is 0. The van der Waals surface area contributed by atoms with E-state index in [0.29, 0.717) is 10.9 Å². The molecule has 0 amide bonds. The summed E-state index contributed by atoms with van der Waals surface area (Å²) in [6, 6.07) is 5.83.